The zero-order valence-electron chi connectivity index (χ0n) is 12.5. The van der Waals surface area contributed by atoms with Crippen molar-refractivity contribution in [3.05, 3.63) is 64.7 Å². The Kier molecular flexibility index (Phi) is 4.63. The molecule has 0 atom stereocenters. The number of aromatic nitrogens is 2. The maximum absolute atomic E-state index is 12.2. The van der Waals surface area contributed by atoms with Gasteiger partial charge >= 0.3 is 0 Å². The van der Waals surface area contributed by atoms with Crippen molar-refractivity contribution in [2.24, 2.45) is 0 Å². The summed E-state index contributed by atoms with van der Waals surface area (Å²) in [4.78, 5) is 20.9. The summed E-state index contributed by atoms with van der Waals surface area (Å²) in [7, 11) is 1.59. The third-order valence-electron chi connectivity index (χ3n) is 3.34. The average Bonchev–Trinajstić information content (AvgIpc) is 3.14. The van der Waals surface area contributed by atoms with E-state index in [0.717, 1.165) is 22.7 Å². The molecular formula is C17H15N3O2S. The molecule has 0 spiro atoms. The topological polar surface area (TPSA) is 64.1 Å². The Morgan fingerprint density at radius 3 is 2.65 bits per heavy atom. The van der Waals surface area contributed by atoms with Gasteiger partial charge in [-0.2, -0.15) is 11.3 Å². The number of carbonyl (C=O) groups is 1. The fourth-order valence-electron chi connectivity index (χ4n) is 2.15. The SMILES string of the molecule is COc1ccc(C(=O)NCc2nccnc2-c2ccsc2)cc1. The predicted octanol–water partition coefficient (Wildman–Crippen LogP) is 3.14. The van der Waals surface area contributed by atoms with E-state index < -0.39 is 0 Å². The number of nitrogens with one attached hydrogen (secondary N) is 1. The number of carbonyl (C=O) groups excluding carboxylic acids is 1. The van der Waals surface area contributed by atoms with Crippen molar-refractivity contribution < 1.29 is 9.53 Å². The second-order valence-electron chi connectivity index (χ2n) is 4.77. The van der Waals surface area contributed by atoms with Crippen LogP contribution in [0.1, 0.15) is 16.1 Å². The summed E-state index contributed by atoms with van der Waals surface area (Å²) in [5, 5.41) is 6.88. The van der Waals surface area contributed by atoms with Crippen molar-refractivity contribution in [2.75, 3.05) is 7.11 Å². The van der Waals surface area contributed by atoms with Crippen LogP contribution in [-0.4, -0.2) is 23.0 Å². The first kappa shape index (κ1) is 15.2. The first-order chi connectivity index (χ1) is 11.3. The van der Waals surface area contributed by atoms with Crippen LogP contribution in [0.5, 0.6) is 5.75 Å². The van der Waals surface area contributed by atoms with Crippen LogP contribution in [0, 0.1) is 0 Å². The molecule has 1 N–H and O–H groups in total. The molecule has 3 rings (SSSR count). The minimum Gasteiger partial charge on any atom is -0.497 e. The van der Waals surface area contributed by atoms with Gasteiger partial charge in [0.05, 0.1) is 25.0 Å². The molecule has 3 aromatic rings. The number of methoxy groups -OCH3 is 1. The van der Waals surface area contributed by atoms with Crippen LogP contribution in [0.25, 0.3) is 11.3 Å². The molecule has 2 aromatic heterocycles. The van der Waals surface area contributed by atoms with E-state index in [9.17, 15) is 4.79 Å². The van der Waals surface area contributed by atoms with E-state index in [1.165, 1.54) is 0 Å². The Bertz CT molecular complexity index is 786. The minimum atomic E-state index is -0.158. The maximum atomic E-state index is 12.2. The summed E-state index contributed by atoms with van der Waals surface area (Å²) in [6, 6.07) is 8.96. The van der Waals surface area contributed by atoms with Gasteiger partial charge in [-0.3, -0.25) is 14.8 Å². The van der Waals surface area contributed by atoms with Gasteiger partial charge in [0.1, 0.15) is 5.75 Å². The largest absolute Gasteiger partial charge is 0.497 e. The molecule has 0 saturated heterocycles. The molecular weight excluding hydrogens is 310 g/mol. The smallest absolute Gasteiger partial charge is 0.251 e. The van der Waals surface area contributed by atoms with Gasteiger partial charge in [0.25, 0.3) is 5.91 Å². The lowest BCUT2D eigenvalue weighted by atomic mass is 10.1. The number of rotatable bonds is 5. The van der Waals surface area contributed by atoms with Gasteiger partial charge in [-0.1, -0.05) is 0 Å². The first-order valence-corrected chi connectivity index (χ1v) is 7.97. The van der Waals surface area contributed by atoms with Gasteiger partial charge in [0.2, 0.25) is 0 Å². The summed E-state index contributed by atoms with van der Waals surface area (Å²) < 4.78 is 5.09. The van der Waals surface area contributed by atoms with E-state index in [4.69, 9.17) is 4.74 Å². The summed E-state index contributed by atoms with van der Waals surface area (Å²) >= 11 is 1.60. The van der Waals surface area contributed by atoms with Crippen molar-refractivity contribution in [2.45, 2.75) is 6.54 Å². The molecule has 0 fully saturated rings. The minimum absolute atomic E-state index is 0.158. The van der Waals surface area contributed by atoms with Gasteiger partial charge in [-0.05, 0) is 35.7 Å². The molecule has 5 nitrogen and oxygen atoms in total. The molecule has 6 heteroatoms. The van der Waals surface area contributed by atoms with Gasteiger partial charge in [0, 0.05) is 28.9 Å². The summed E-state index contributed by atoms with van der Waals surface area (Å²) in [5.41, 5.74) is 3.13. The molecule has 1 amide bonds. The van der Waals surface area contributed by atoms with E-state index in [2.05, 4.69) is 15.3 Å². The zero-order chi connectivity index (χ0) is 16.1. The van der Waals surface area contributed by atoms with Crippen LogP contribution in [0.15, 0.2) is 53.5 Å². The van der Waals surface area contributed by atoms with Crippen LogP contribution in [0.3, 0.4) is 0 Å². The van der Waals surface area contributed by atoms with Crippen molar-refractivity contribution in [1.29, 1.82) is 0 Å². The Morgan fingerprint density at radius 1 is 1.17 bits per heavy atom. The Labute approximate surface area is 138 Å². The fourth-order valence-corrected chi connectivity index (χ4v) is 2.79. The van der Waals surface area contributed by atoms with Crippen LogP contribution in [0.2, 0.25) is 0 Å². The van der Waals surface area contributed by atoms with E-state index in [0.29, 0.717) is 12.1 Å². The lowest BCUT2D eigenvalue weighted by molar-refractivity contribution is 0.0950. The van der Waals surface area contributed by atoms with Crippen LogP contribution in [0.4, 0.5) is 0 Å². The molecule has 0 aliphatic heterocycles. The van der Waals surface area contributed by atoms with Crippen molar-refractivity contribution in [1.82, 2.24) is 15.3 Å². The lowest BCUT2D eigenvalue weighted by Crippen LogP contribution is -2.23. The van der Waals surface area contributed by atoms with Gasteiger partial charge in [0.15, 0.2) is 0 Å². The van der Waals surface area contributed by atoms with E-state index in [1.807, 2.05) is 16.8 Å². The zero-order valence-corrected chi connectivity index (χ0v) is 13.3. The molecule has 0 radical (unpaired) electrons. The monoisotopic (exact) mass is 325 g/mol. The highest BCUT2D eigenvalue weighted by molar-refractivity contribution is 7.08. The highest BCUT2D eigenvalue weighted by Crippen LogP contribution is 2.22. The molecule has 0 unspecified atom stereocenters. The summed E-state index contributed by atoms with van der Waals surface area (Å²) in [6.45, 7) is 0.323. The van der Waals surface area contributed by atoms with Crippen molar-refractivity contribution in [3.8, 4) is 17.0 Å². The van der Waals surface area contributed by atoms with Gasteiger partial charge < -0.3 is 10.1 Å². The fraction of sp³-hybridized carbons (Fsp3) is 0.118. The Balaban J connectivity index is 1.72. The lowest BCUT2D eigenvalue weighted by Gasteiger charge is -2.08. The van der Waals surface area contributed by atoms with Gasteiger partial charge in [-0.15, -0.1) is 0 Å². The van der Waals surface area contributed by atoms with E-state index >= 15 is 0 Å². The molecule has 116 valence electrons. The Morgan fingerprint density at radius 2 is 1.96 bits per heavy atom. The number of thiophene rings is 1. The number of amides is 1. The second-order valence-corrected chi connectivity index (χ2v) is 5.55. The number of benzene rings is 1. The average molecular weight is 325 g/mol. The molecule has 1 aromatic carbocycles. The predicted molar refractivity (Wildman–Crippen MR) is 89.5 cm³/mol. The van der Waals surface area contributed by atoms with Crippen LogP contribution < -0.4 is 10.1 Å². The Hall–Kier alpha value is -2.73. The first-order valence-electron chi connectivity index (χ1n) is 7.02. The normalized spacial score (nSPS) is 10.3. The third kappa shape index (κ3) is 3.54. The number of hydrogen-bond acceptors (Lipinski definition) is 5. The number of ether oxygens (including phenoxy) is 1. The quantitative estimate of drug-likeness (QED) is 0.783. The highest BCUT2D eigenvalue weighted by Gasteiger charge is 2.11. The second kappa shape index (κ2) is 7.02. The maximum Gasteiger partial charge on any atom is 0.251 e. The number of nitrogens with zero attached hydrogens (tertiary/aromatic N) is 2. The molecule has 23 heavy (non-hydrogen) atoms. The highest BCUT2D eigenvalue weighted by atomic mass is 32.1. The molecule has 2 heterocycles. The molecule has 0 aliphatic rings. The standard InChI is InChI=1S/C17H15N3O2S/c1-22-14-4-2-12(3-5-14)17(21)20-10-15-16(19-8-7-18-15)13-6-9-23-11-13/h2-9,11H,10H2,1H3,(H,20,21). The molecule has 0 bridgehead atoms. The number of hydrogen-bond donors (Lipinski definition) is 1. The van der Waals surface area contributed by atoms with Gasteiger partial charge in [-0.25, -0.2) is 0 Å². The summed E-state index contributed by atoms with van der Waals surface area (Å²) in [5.74, 6) is 0.560. The van der Waals surface area contributed by atoms with Crippen LogP contribution in [-0.2, 0) is 6.54 Å². The van der Waals surface area contributed by atoms with Crippen molar-refractivity contribution >= 4 is 17.2 Å². The van der Waals surface area contributed by atoms with E-state index in [1.54, 1.807) is 55.1 Å². The third-order valence-corrected chi connectivity index (χ3v) is 4.02. The van der Waals surface area contributed by atoms with E-state index in [-0.39, 0.29) is 5.91 Å². The van der Waals surface area contributed by atoms with Crippen molar-refractivity contribution in [3.63, 3.8) is 0 Å². The van der Waals surface area contributed by atoms with Crippen LogP contribution >= 0.6 is 11.3 Å². The molecule has 0 aliphatic carbocycles. The molecule has 0 saturated carbocycles. The summed E-state index contributed by atoms with van der Waals surface area (Å²) in [6.07, 6.45) is 3.28.